The second kappa shape index (κ2) is 9.19. The first-order chi connectivity index (χ1) is 19.9. The van der Waals surface area contributed by atoms with Crippen molar-refractivity contribution in [2.45, 2.75) is 58.9 Å². The van der Waals surface area contributed by atoms with E-state index in [2.05, 4.69) is 19.9 Å². The maximum Gasteiger partial charge on any atom is 0.238 e. The highest BCUT2D eigenvalue weighted by atomic mass is 16.2. The number of imide groups is 3. The molecule has 3 aliphatic heterocycles. The van der Waals surface area contributed by atoms with E-state index in [1.807, 2.05) is 38.1 Å². The van der Waals surface area contributed by atoms with Gasteiger partial charge in [-0.3, -0.25) is 43.5 Å². The Labute approximate surface area is 245 Å². The summed E-state index contributed by atoms with van der Waals surface area (Å²) in [6.45, 7) is 7.80. The van der Waals surface area contributed by atoms with Crippen molar-refractivity contribution in [1.82, 2.24) is 9.80 Å². The van der Waals surface area contributed by atoms with Crippen LogP contribution in [0.3, 0.4) is 0 Å². The van der Waals surface area contributed by atoms with Crippen LogP contribution in [0.15, 0.2) is 35.9 Å². The number of anilines is 1. The molecule has 1 aromatic rings. The normalized spacial score (nSPS) is 37.1. The van der Waals surface area contributed by atoms with E-state index in [1.165, 1.54) is 21.7 Å². The molecule has 9 heteroatoms. The fourth-order valence-corrected chi connectivity index (χ4v) is 9.38. The first-order valence-corrected chi connectivity index (χ1v) is 15.3. The lowest BCUT2D eigenvalue weighted by atomic mass is 9.59. The van der Waals surface area contributed by atoms with Crippen LogP contribution in [0, 0.1) is 53.3 Å². The molecule has 7 rings (SSSR count). The Morgan fingerprint density at radius 3 is 2.02 bits per heavy atom. The summed E-state index contributed by atoms with van der Waals surface area (Å²) in [5, 5.41) is 0. The van der Waals surface area contributed by atoms with E-state index in [4.69, 9.17) is 0 Å². The largest absolute Gasteiger partial charge is 0.285 e. The van der Waals surface area contributed by atoms with E-state index < -0.39 is 29.6 Å². The quantitative estimate of drug-likeness (QED) is 0.397. The van der Waals surface area contributed by atoms with Crippen LogP contribution < -0.4 is 4.90 Å². The molecule has 0 spiro atoms. The number of hydrogen-bond acceptors (Lipinski definition) is 6. The van der Waals surface area contributed by atoms with Crippen molar-refractivity contribution in [1.29, 1.82) is 0 Å². The lowest BCUT2D eigenvalue weighted by Crippen LogP contribution is -2.44. The Hall–Kier alpha value is -3.62. The van der Waals surface area contributed by atoms with Gasteiger partial charge in [0, 0.05) is 25.4 Å². The van der Waals surface area contributed by atoms with E-state index in [0.29, 0.717) is 24.4 Å². The average Bonchev–Trinajstić information content (AvgIpc) is 3.70. The fraction of sp³-hybridized carbons (Fsp3) is 0.576. The Morgan fingerprint density at radius 2 is 1.40 bits per heavy atom. The summed E-state index contributed by atoms with van der Waals surface area (Å²) in [6.07, 6.45) is 3.12. The zero-order valence-corrected chi connectivity index (χ0v) is 24.7. The van der Waals surface area contributed by atoms with Gasteiger partial charge in [-0.15, -0.1) is 0 Å². The number of amides is 6. The van der Waals surface area contributed by atoms with Crippen LogP contribution in [0.5, 0.6) is 0 Å². The van der Waals surface area contributed by atoms with Crippen molar-refractivity contribution in [3.8, 4) is 0 Å². The number of rotatable bonds is 5. The van der Waals surface area contributed by atoms with Crippen molar-refractivity contribution < 1.29 is 28.8 Å². The van der Waals surface area contributed by atoms with E-state index in [0.717, 1.165) is 11.1 Å². The molecule has 0 N–H and O–H groups in total. The number of nitrogens with zero attached hydrogens (tertiary/aromatic N) is 3. The van der Waals surface area contributed by atoms with Gasteiger partial charge in [0.2, 0.25) is 35.4 Å². The zero-order chi connectivity index (χ0) is 29.9. The van der Waals surface area contributed by atoms with Gasteiger partial charge in [-0.05, 0) is 74.0 Å². The van der Waals surface area contributed by atoms with Crippen LogP contribution in [-0.4, -0.2) is 58.3 Å². The first-order valence-electron chi connectivity index (χ1n) is 15.3. The number of allylic oxidation sites excluding steroid dienone is 2. The molecule has 2 saturated carbocycles. The van der Waals surface area contributed by atoms with Crippen molar-refractivity contribution in [2.24, 2.45) is 53.3 Å². The van der Waals surface area contributed by atoms with Crippen LogP contribution in [0.25, 0.3) is 0 Å². The molecule has 3 aliphatic carbocycles. The van der Waals surface area contributed by atoms with Crippen molar-refractivity contribution in [3.63, 3.8) is 0 Å². The van der Waals surface area contributed by atoms with E-state index >= 15 is 0 Å². The summed E-state index contributed by atoms with van der Waals surface area (Å²) in [4.78, 5) is 84.5. The Bertz CT molecular complexity index is 1480. The summed E-state index contributed by atoms with van der Waals surface area (Å²) in [7, 11) is 1.51. The van der Waals surface area contributed by atoms with Gasteiger partial charge in [-0.1, -0.05) is 37.6 Å². The van der Waals surface area contributed by atoms with E-state index in [1.54, 1.807) is 0 Å². The van der Waals surface area contributed by atoms with Gasteiger partial charge >= 0.3 is 0 Å². The molecule has 9 unspecified atom stereocenters. The van der Waals surface area contributed by atoms with Crippen molar-refractivity contribution in [2.75, 3.05) is 11.9 Å². The topological polar surface area (TPSA) is 112 Å². The second-order valence-electron chi connectivity index (χ2n) is 13.8. The fourth-order valence-electron chi connectivity index (χ4n) is 9.38. The Kier molecular flexibility index (Phi) is 5.96. The molecular weight excluding hydrogens is 534 g/mol. The highest BCUT2D eigenvalue weighted by Crippen LogP contribution is 2.67. The standard InChI is InChI=1S/C33H37N3O6/c1-14(2)16-6-8-19(9-7-16)36-32(41)26-21-13-22(27(26)33(36)42)25-20(21)11-17(24-28(25)31(40)34(5)30(24)39)10-18-12-23(37)35(15(3)4)29(18)38/h6-9,11,14-15,17-18,21-22,24-28H,10,12-13H2,1-5H3. The minimum atomic E-state index is -0.628. The number of likely N-dealkylation sites (tertiary alicyclic amines) is 2. The van der Waals surface area contributed by atoms with Crippen molar-refractivity contribution >= 4 is 41.1 Å². The smallest absolute Gasteiger partial charge is 0.238 e. The molecule has 2 bridgehead atoms. The monoisotopic (exact) mass is 571 g/mol. The molecule has 6 aliphatic rings. The molecule has 1 aromatic carbocycles. The van der Waals surface area contributed by atoms with Gasteiger partial charge in [-0.25, -0.2) is 0 Å². The highest BCUT2D eigenvalue weighted by molar-refractivity contribution is 6.23. The molecule has 9 nitrogen and oxygen atoms in total. The summed E-state index contributed by atoms with van der Waals surface area (Å²) in [5.41, 5.74) is 2.69. The van der Waals surface area contributed by atoms with Crippen LogP contribution in [0.4, 0.5) is 5.69 Å². The molecule has 3 saturated heterocycles. The molecule has 0 aromatic heterocycles. The third-order valence-corrected chi connectivity index (χ3v) is 11.1. The van der Waals surface area contributed by atoms with Crippen LogP contribution in [-0.2, 0) is 28.8 Å². The third kappa shape index (κ3) is 3.48. The summed E-state index contributed by atoms with van der Waals surface area (Å²) in [6, 6.07) is 7.33. The minimum absolute atomic E-state index is 0.101. The van der Waals surface area contributed by atoms with Crippen LogP contribution >= 0.6 is 0 Å². The summed E-state index contributed by atoms with van der Waals surface area (Å²) >= 11 is 0. The molecular formula is C33H37N3O6. The lowest BCUT2D eigenvalue weighted by Gasteiger charge is -2.41. The molecule has 42 heavy (non-hydrogen) atoms. The van der Waals surface area contributed by atoms with Gasteiger partial charge in [0.15, 0.2) is 0 Å². The number of carbonyl (C=O) groups is 6. The number of benzene rings is 1. The number of fused-ring (bicyclic) bond motifs is 10. The summed E-state index contributed by atoms with van der Waals surface area (Å²) in [5.74, 6) is -4.80. The SMILES string of the molecule is CC(C)c1ccc(N2C(=O)C3C4CC(C3C2=O)C2C4=CC(CC3CC(=O)N(C(C)C)C3=O)C3C(=O)N(C)C(=O)C32)cc1. The first kappa shape index (κ1) is 27.2. The van der Waals surface area contributed by atoms with E-state index in [9.17, 15) is 28.8 Å². The minimum Gasteiger partial charge on any atom is -0.285 e. The van der Waals surface area contributed by atoms with Gasteiger partial charge in [0.05, 0.1) is 29.4 Å². The van der Waals surface area contributed by atoms with Gasteiger partial charge in [0.1, 0.15) is 0 Å². The highest BCUT2D eigenvalue weighted by Gasteiger charge is 2.70. The van der Waals surface area contributed by atoms with Gasteiger partial charge in [0.25, 0.3) is 0 Å². The van der Waals surface area contributed by atoms with E-state index in [-0.39, 0.29) is 71.6 Å². The van der Waals surface area contributed by atoms with Crippen LogP contribution in [0.2, 0.25) is 0 Å². The molecule has 5 fully saturated rings. The Balaban J connectivity index is 1.24. The van der Waals surface area contributed by atoms with Gasteiger partial charge < -0.3 is 0 Å². The molecule has 220 valence electrons. The predicted molar refractivity (Wildman–Crippen MR) is 151 cm³/mol. The maximum absolute atomic E-state index is 13.9. The zero-order valence-electron chi connectivity index (χ0n) is 24.7. The molecule has 6 amide bonds. The average molecular weight is 572 g/mol. The molecule has 9 atom stereocenters. The predicted octanol–water partition coefficient (Wildman–Crippen LogP) is 3.14. The third-order valence-electron chi connectivity index (χ3n) is 11.1. The number of carbonyl (C=O) groups excluding carboxylic acids is 6. The van der Waals surface area contributed by atoms with Crippen LogP contribution in [0.1, 0.15) is 58.4 Å². The molecule has 3 heterocycles. The lowest BCUT2D eigenvalue weighted by molar-refractivity contribution is -0.142. The summed E-state index contributed by atoms with van der Waals surface area (Å²) < 4.78 is 0. The number of hydrogen-bond donors (Lipinski definition) is 0. The van der Waals surface area contributed by atoms with Gasteiger partial charge in [-0.2, -0.15) is 0 Å². The molecule has 0 radical (unpaired) electrons. The Morgan fingerprint density at radius 1 is 0.762 bits per heavy atom. The second-order valence-corrected chi connectivity index (χ2v) is 13.8. The van der Waals surface area contributed by atoms with Crippen molar-refractivity contribution in [3.05, 3.63) is 41.5 Å². The maximum atomic E-state index is 13.9.